The Morgan fingerprint density at radius 1 is 1.24 bits per heavy atom. The number of halogens is 1. The van der Waals surface area contributed by atoms with Crippen LogP contribution in [0.2, 0.25) is 0 Å². The molecule has 0 amide bonds. The van der Waals surface area contributed by atoms with Gasteiger partial charge in [-0.15, -0.1) is 0 Å². The van der Waals surface area contributed by atoms with Crippen molar-refractivity contribution in [1.29, 1.82) is 0 Å². The number of anilines is 1. The van der Waals surface area contributed by atoms with Crippen molar-refractivity contribution in [3.63, 3.8) is 0 Å². The van der Waals surface area contributed by atoms with Gasteiger partial charge >= 0.3 is 0 Å². The van der Waals surface area contributed by atoms with E-state index in [9.17, 15) is 0 Å². The van der Waals surface area contributed by atoms with Gasteiger partial charge in [0.25, 0.3) is 0 Å². The molecule has 2 aromatic rings. The zero-order valence-electron chi connectivity index (χ0n) is 12.8. The van der Waals surface area contributed by atoms with E-state index in [2.05, 4.69) is 40.2 Å². The predicted octanol–water partition coefficient (Wildman–Crippen LogP) is 4.37. The van der Waals surface area contributed by atoms with Crippen molar-refractivity contribution in [3.05, 3.63) is 40.1 Å². The van der Waals surface area contributed by atoms with Gasteiger partial charge in [0.15, 0.2) is 0 Å². The van der Waals surface area contributed by atoms with Crippen molar-refractivity contribution >= 4 is 21.6 Å². The van der Waals surface area contributed by atoms with Gasteiger partial charge in [0.05, 0.1) is 29.0 Å². The predicted molar refractivity (Wildman–Crippen MR) is 89.9 cm³/mol. The fourth-order valence-corrected chi connectivity index (χ4v) is 2.54. The van der Waals surface area contributed by atoms with Gasteiger partial charge in [-0.3, -0.25) is 4.68 Å². The van der Waals surface area contributed by atoms with E-state index in [1.807, 2.05) is 35.9 Å². The lowest BCUT2D eigenvalue weighted by atomic mass is 10.3. The van der Waals surface area contributed by atoms with Gasteiger partial charge in [0.2, 0.25) is 0 Å². The van der Waals surface area contributed by atoms with E-state index < -0.39 is 0 Å². The molecule has 0 atom stereocenters. The van der Waals surface area contributed by atoms with E-state index in [1.54, 1.807) is 0 Å². The second-order valence-electron chi connectivity index (χ2n) is 4.89. The number of rotatable bonds is 7. The summed E-state index contributed by atoms with van der Waals surface area (Å²) in [4.78, 5) is 0. The summed E-state index contributed by atoms with van der Waals surface area (Å²) in [6, 6.07) is 8.07. The van der Waals surface area contributed by atoms with Crippen LogP contribution in [0.4, 0.5) is 5.69 Å². The number of nitrogens with one attached hydrogen (secondary N) is 1. The second-order valence-corrected chi connectivity index (χ2v) is 5.68. The lowest BCUT2D eigenvalue weighted by Crippen LogP contribution is -2.08. The van der Waals surface area contributed by atoms with Crippen LogP contribution in [0.5, 0.6) is 5.75 Å². The van der Waals surface area contributed by atoms with E-state index >= 15 is 0 Å². The first-order chi connectivity index (χ1) is 10.2. The minimum Gasteiger partial charge on any atom is -0.494 e. The number of aromatic nitrogens is 2. The molecule has 0 bridgehead atoms. The summed E-state index contributed by atoms with van der Waals surface area (Å²) in [6.45, 7) is 8.58. The zero-order valence-corrected chi connectivity index (χ0v) is 14.4. The first-order valence-corrected chi connectivity index (χ1v) is 8.13. The Labute approximate surface area is 134 Å². The normalized spacial score (nSPS) is 10.7. The van der Waals surface area contributed by atoms with E-state index in [-0.39, 0.29) is 0 Å². The van der Waals surface area contributed by atoms with Gasteiger partial charge in [-0.1, -0.05) is 6.92 Å². The van der Waals surface area contributed by atoms with Gasteiger partial charge in [-0.05, 0) is 60.5 Å². The van der Waals surface area contributed by atoms with Gasteiger partial charge in [-0.25, -0.2) is 0 Å². The number of hydrogen-bond acceptors (Lipinski definition) is 3. The van der Waals surface area contributed by atoms with Gasteiger partial charge in [0, 0.05) is 12.2 Å². The standard InChI is InChI=1S/C16H22BrN3O/c1-4-10-21-14-8-6-13(7-9-14)18-11-15-16(17)12(3)19-20(15)5-2/h6-9,18H,4-5,10-11H2,1-3H3. The average molecular weight is 352 g/mol. The lowest BCUT2D eigenvalue weighted by molar-refractivity contribution is 0.317. The molecule has 1 aromatic carbocycles. The molecule has 0 unspecified atom stereocenters. The molecule has 21 heavy (non-hydrogen) atoms. The highest BCUT2D eigenvalue weighted by Gasteiger charge is 2.11. The summed E-state index contributed by atoms with van der Waals surface area (Å²) in [5, 5.41) is 7.93. The molecule has 2 rings (SSSR count). The highest BCUT2D eigenvalue weighted by Crippen LogP contribution is 2.23. The third-order valence-electron chi connectivity index (χ3n) is 3.24. The Bertz CT molecular complexity index is 578. The van der Waals surface area contributed by atoms with Crippen LogP contribution in [-0.4, -0.2) is 16.4 Å². The summed E-state index contributed by atoms with van der Waals surface area (Å²) in [6.07, 6.45) is 1.02. The van der Waals surface area contributed by atoms with Crippen LogP contribution in [0.1, 0.15) is 31.7 Å². The molecule has 1 N–H and O–H groups in total. The Kier molecular flexibility index (Phi) is 5.67. The highest BCUT2D eigenvalue weighted by molar-refractivity contribution is 9.10. The average Bonchev–Trinajstić information content (AvgIpc) is 2.79. The van der Waals surface area contributed by atoms with Crippen LogP contribution in [0.3, 0.4) is 0 Å². The Balaban J connectivity index is 2.00. The molecule has 1 heterocycles. The molecule has 1 aromatic heterocycles. The number of aryl methyl sites for hydroxylation is 2. The Hall–Kier alpha value is -1.49. The van der Waals surface area contributed by atoms with Crippen LogP contribution in [0.25, 0.3) is 0 Å². The maximum atomic E-state index is 5.58. The molecular formula is C16H22BrN3O. The molecule has 0 aliphatic carbocycles. The maximum absolute atomic E-state index is 5.58. The molecule has 0 saturated heterocycles. The second kappa shape index (κ2) is 7.50. The molecule has 0 fully saturated rings. The Morgan fingerprint density at radius 2 is 1.95 bits per heavy atom. The summed E-state index contributed by atoms with van der Waals surface area (Å²) in [5.74, 6) is 0.915. The van der Waals surface area contributed by atoms with Crippen molar-refractivity contribution in [2.24, 2.45) is 0 Å². The molecule has 0 saturated carbocycles. The molecule has 0 aliphatic heterocycles. The smallest absolute Gasteiger partial charge is 0.119 e. The summed E-state index contributed by atoms with van der Waals surface area (Å²) < 4.78 is 8.68. The summed E-state index contributed by atoms with van der Waals surface area (Å²) >= 11 is 3.61. The lowest BCUT2D eigenvalue weighted by Gasteiger charge is -2.10. The maximum Gasteiger partial charge on any atom is 0.119 e. The third-order valence-corrected chi connectivity index (χ3v) is 4.27. The van der Waals surface area contributed by atoms with Gasteiger partial charge in [0.1, 0.15) is 5.75 Å². The van der Waals surface area contributed by atoms with Crippen molar-refractivity contribution < 1.29 is 4.74 Å². The first-order valence-electron chi connectivity index (χ1n) is 7.34. The van der Waals surface area contributed by atoms with E-state index in [1.165, 1.54) is 5.69 Å². The number of ether oxygens (including phenoxy) is 1. The quantitative estimate of drug-likeness (QED) is 0.804. The zero-order chi connectivity index (χ0) is 15.2. The molecule has 114 valence electrons. The fourth-order valence-electron chi connectivity index (χ4n) is 2.11. The molecular weight excluding hydrogens is 330 g/mol. The molecule has 0 radical (unpaired) electrons. The third kappa shape index (κ3) is 4.00. The molecule has 5 heteroatoms. The largest absolute Gasteiger partial charge is 0.494 e. The van der Waals surface area contributed by atoms with Crippen LogP contribution >= 0.6 is 15.9 Å². The van der Waals surface area contributed by atoms with E-state index in [4.69, 9.17) is 4.74 Å². The highest BCUT2D eigenvalue weighted by atomic mass is 79.9. The minimum atomic E-state index is 0.741. The van der Waals surface area contributed by atoms with Crippen molar-refractivity contribution in [2.45, 2.75) is 40.3 Å². The van der Waals surface area contributed by atoms with Gasteiger partial charge in [-0.2, -0.15) is 5.10 Å². The SMILES string of the molecule is CCCOc1ccc(NCc2c(Br)c(C)nn2CC)cc1. The Morgan fingerprint density at radius 3 is 2.57 bits per heavy atom. The van der Waals surface area contributed by atoms with Gasteiger partial charge < -0.3 is 10.1 Å². The number of nitrogens with zero attached hydrogens (tertiary/aromatic N) is 2. The van der Waals surface area contributed by atoms with E-state index in [0.717, 1.165) is 47.7 Å². The summed E-state index contributed by atoms with van der Waals surface area (Å²) in [5.41, 5.74) is 3.27. The van der Waals surface area contributed by atoms with E-state index in [0.29, 0.717) is 0 Å². The topological polar surface area (TPSA) is 39.1 Å². The van der Waals surface area contributed by atoms with Crippen LogP contribution in [-0.2, 0) is 13.1 Å². The van der Waals surface area contributed by atoms with Crippen LogP contribution < -0.4 is 10.1 Å². The van der Waals surface area contributed by atoms with Crippen LogP contribution in [0.15, 0.2) is 28.7 Å². The van der Waals surface area contributed by atoms with Crippen molar-refractivity contribution in [2.75, 3.05) is 11.9 Å². The molecule has 0 aliphatic rings. The van der Waals surface area contributed by atoms with Crippen LogP contribution in [0, 0.1) is 6.92 Å². The van der Waals surface area contributed by atoms with Crippen molar-refractivity contribution in [1.82, 2.24) is 9.78 Å². The first kappa shape index (κ1) is 15.9. The number of hydrogen-bond donors (Lipinski definition) is 1. The minimum absolute atomic E-state index is 0.741. The summed E-state index contributed by atoms with van der Waals surface area (Å²) in [7, 11) is 0. The fraction of sp³-hybridized carbons (Fsp3) is 0.438. The van der Waals surface area contributed by atoms with Crippen molar-refractivity contribution in [3.8, 4) is 5.75 Å². The molecule has 4 nitrogen and oxygen atoms in total. The number of benzene rings is 1. The molecule has 0 spiro atoms. The monoisotopic (exact) mass is 351 g/mol.